The van der Waals surface area contributed by atoms with Gasteiger partial charge in [-0.15, -0.1) is 0 Å². The first kappa shape index (κ1) is 22.7. The molecule has 1 saturated heterocycles. The minimum absolute atomic E-state index is 0.0800. The second kappa shape index (κ2) is 9.19. The molecular formula is C19H21Cl2N3O5S2. The Labute approximate surface area is 193 Å². The maximum Gasteiger partial charge on any atom is 0.253 e. The number of amides is 1. The van der Waals surface area contributed by atoms with Gasteiger partial charge in [0.2, 0.25) is 5.91 Å². The first-order valence-corrected chi connectivity index (χ1v) is 13.0. The fraction of sp³-hybridized carbons (Fsp3) is 0.526. The van der Waals surface area contributed by atoms with E-state index in [9.17, 15) is 18.0 Å². The van der Waals surface area contributed by atoms with E-state index in [1.54, 1.807) is 0 Å². The Balaban J connectivity index is 1.78. The number of ether oxygens (including phenoxy) is 1. The maximum atomic E-state index is 13.3. The Morgan fingerprint density at radius 1 is 1.29 bits per heavy atom. The van der Waals surface area contributed by atoms with Crippen LogP contribution in [0.1, 0.15) is 43.6 Å². The lowest BCUT2D eigenvalue weighted by Gasteiger charge is -2.27. The number of aromatic amines is 1. The summed E-state index contributed by atoms with van der Waals surface area (Å²) in [6.45, 7) is 1.11. The normalized spacial score (nSPS) is 18.6. The molecule has 168 valence electrons. The van der Waals surface area contributed by atoms with Gasteiger partial charge in [0.05, 0.1) is 27.3 Å². The van der Waals surface area contributed by atoms with E-state index in [0.717, 1.165) is 24.2 Å². The summed E-state index contributed by atoms with van der Waals surface area (Å²) >= 11 is 13.3. The van der Waals surface area contributed by atoms with E-state index < -0.39 is 32.5 Å². The molecule has 0 aromatic carbocycles. The predicted octanol–water partition coefficient (Wildman–Crippen LogP) is 3.61. The Morgan fingerprint density at radius 2 is 2.00 bits per heavy atom. The third kappa shape index (κ3) is 4.98. The van der Waals surface area contributed by atoms with Gasteiger partial charge in [-0.3, -0.25) is 9.59 Å². The van der Waals surface area contributed by atoms with Gasteiger partial charge < -0.3 is 15.0 Å². The van der Waals surface area contributed by atoms with Gasteiger partial charge >= 0.3 is 0 Å². The molecule has 2 aromatic heterocycles. The lowest BCUT2D eigenvalue weighted by molar-refractivity contribution is -0.118. The molecule has 2 fully saturated rings. The molecule has 1 aliphatic carbocycles. The van der Waals surface area contributed by atoms with Crippen molar-refractivity contribution in [1.29, 1.82) is 0 Å². The summed E-state index contributed by atoms with van der Waals surface area (Å²) in [5.74, 6) is -1.44. The van der Waals surface area contributed by atoms with Crippen LogP contribution in [0.5, 0.6) is 0 Å². The molecule has 31 heavy (non-hydrogen) atoms. The number of sulfone groups is 1. The van der Waals surface area contributed by atoms with E-state index in [0.29, 0.717) is 36.8 Å². The highest BCUT2D eigenvalue weighted by Crippen LogP contribution is 2.41. The lowest BCUT2D eigenvalue weighted by atomic mass is 9.85. The van der Waals surface area contributed by atoms with Crippen LogP contribution in [-0.4, -0.2) is 42.8 Å². The molecule has 2 aliphatic rings. The number of thiazole rings is 1. The summed E-state index contributed by atoms with van der Waals surface area (Å²) in [5, 5.41) is 2.30. The molecule has 1 saturated carbocycles. The molecule has 0 spiro atoms. The largest absolute Gasteiger partial charge is 0.381 e. The average molecular weight is 506 g/mol. The summed E-state index contributed by atoms with van der Waals surface area (Å²) in [7, 11) is -3.83. The van der Waals surface area contributed by atoms with Crippen LogP contribution in [0.2, 0.25) is 9.36 Å². The van der Waals surface area contributed by atoms with Crippen molar-refractivity contribution >= 4 is 55.4 Å². The van der Waals surface area contributed by atoms with Crippen molar-refractivity contribution in [3.8, 4) is 0 Å². The summed E-state index contributed by atoms with van der Waals surface area (Å²) in [6, 6.07) is 0. The number of rotatable bonds is 7. The number of hydrogen-bond donors (Lipinski definition) is 2. The quantitative estimate of drug-likeness (QED) is 0.593. The van der Waals surface area contributed by atoms with Crippen molar-refractivity contribution in [3.05, 3.63) is 37.7 Å². The number of H-pyrrole nitrogens is 1. The smallest absolute Gasteiger partial charge is 0.253 e. The number of anilines is 1. The molecule has 1 unspecified atom stereocenters. The summed E-state index contributed by atoms with van der Waals surface area (Å²) in [5.41, 5.74) is -0.737. The van der Waals surface area contributed by atoms with Crippen molar-refractivity contribution in [1.82, 2.24) is 9.97 Å². The molecule has 2 aromatic rings. The Bertz CT molecular complexity index is 1140. The number of nitrogens with zero attached hydrogens (tertiary/aromatic N) is 1. The highest BCUT2D eigenvalue weighted by Gasteiger charge is 2.42. The average Bonchev–Trinajstić information content (AvgIpc) is 3.52. The van der Waals surface area contributed by atoms with Gasteiger partial charge in [0.15, 0.2) is 15.0 Å². The maximum absolute atomic E-state index is 13.3. The molecule has 8 nitrogen and oxygen atoms in total. The van der Waals surface area contributed by atoms with Gasteiger partial charge in [0.25, 0.3) is 5.56 Å². The highest BCUT2D eigenvalue weighted by atomic mass is 35.5. The highest BCUT2D eigenvalue weighted by molar-refractivity contribution is 7.92. The molecule has 4 rings (SSSR count). The first-order chi connectivity index (χ1) is 14.8. The topological polar surface area (TPSA) is 118 Å². The number of hydrogen-bond acceptors (Lipinski definition) is 7. The number of carbonyl (C=O) groups excluding carboxylic acids is 1. The van der Waals surface area contributed by atoms with E-state index in [1.165, 1.54) is 12.4 Å². The SMILES string of the molecule is O=C(Nc1ncc(Cl)s1)C(CC1CCOCC1)c1c(S(=O)(=O)C2CC2)c(Cl)c[nH]c1=O. The van der Waals surface area contributed by atoms with E-state index in [1.807, 2.05) is 0 Å². The Kier molecular flexibility index (Phi) is 6.73. The standard InChI is InChI=1S/C19H21Cl2N3O5S2/c20-13-8-22-18(26)15(16(13)31(27,28)11-1-2-11)12(7-10-3-5-29-6-4-10)17(25)24-19-23-9-14(21)30-19/h8-12H,1-7H2,(H,22,26)(H,23,24,25). The van der Waals surface area contributed by atoms with Crippen LogP contribution in [-0.2, 0) is 19.4 Å². The van der Waals surface area contributed by atoms with E-state index in [2.05, 4.69) is 15.3 Å². The molecule has 1 aliphatic heterocycles. The summed E-state index contributed by atoms with van der Waals surface area (Å²) in [4.78, 5) is 32.5. The minimum Gasteiger partial charge on any atom is -0.381 e. The minimum atomic E-state index is -3.83. The van der Waals surface area contributed by atoms with Crippen molar-refractivity contribution < 1.29 is 17.9 Å². The predicted molar refractivity (Wildman–Crippen MR) is 119 cm³/mol. The fourth-order valence-electron chi connectivity index (χ4n) is 3.83. The van der Waals surface area contributed by atoms with Gasteiger partial charge in [-0.25, -0.2) is 13.4 Å². The van der Waals surface area contributed by atoms with Crippen LogP contribution < -0.4 is 10.9 Å². The van der Waals surface area contributed by atoms with Gasteiger partial charge in [0.1, 0.15) is 4.34 Å². The summed E-state index contributed by atoms with van der Waals surface area (Å²) < 4.78 is 32.1. The van der Waals surface area contributed by atoms with Gasteiger partial charge in [-0.05, 0) is 38.0 Å². The van der Waals surface area contributed by atoms with Crippen LogP contribution in [0.3, 0.4) is 0 Å². The van der Waals surface area contributed by atoms with Crippen molar-refractivity contribution in [2.24, 2.45) is 5.92 Å². The van der Waals surface area contributed by atoms with Crippen molar-refractivity contribution in [3.63, 3.8) is 0 Å². The molecular weight excluding hydrogens is 485 g/mol. The molecule has 0 radical (unpaired) electrons. The van der Waals surface area contributed by atoms with Crippen LogP contribution >= 0.6 is 34.5 Å². The second-order valence-corrected chi connectivity index (χ2v) is 12.0. The monoisotopic (exact) mass is 505 g/mol. The van der Waals surface area contributed by atoms with Crippen molar-refractivity contribution in [2.75, 3.05) is 18.5 Å². The third-order valence-corrected chi connectivity index (χ3v) is 9.36. The zero-order chi connectivity index (χ0) is 22.2. The number of nitrogens with one attached hydrogen (secondary N) is 2. The Hall–Kier alpha value is -1.46. The third-order valence-electron chi connectivity index (χ3n) is 5.57. The molecule has 2 N–H and O–H groups in total. The second-order valence-electron chi connectivity index (χ2n) is 7.76. The number of halogens is 2. The molecule has 1 amide bonds. The van der Waals surface area contributed by atoms with Gasteiger partial charge in [0, 0.05) is 25.0 Å². The van der Waals surface area contributed by atoms with Crippen LogP contribution in [0.4, 0.5) is 5.13 Å². The number of aromatic nitrogens is 2. The van der Waals surface area contributed by atoms with Crippen molar-refractivity contribution in [2.45, 2.75) is 48.2 Å². The van der Waals surface area contributed by atoms with E-state index >= 15 is 0 Å². The van der Waals surface area contributed by atoms with E-state index in [-0.39, 0.29) is 26.5 Å². The zero-order valence-electron chi connectivity index (χ0n) is 16.4. The lowest BCUT2D eigenvalue weighted by Crippen LogP contribution is -2.32. The van der Waals surface area contributed by atoms with Crippen LogP contribution in [0, 0.1) is 5.92 Å². The van der Waals surface area contributed by atoms with E-state index in [4.69, 9.17) is 27.9 Å². The van der Waals surface area contributed by atoms with Gasteiger partial charge in [-0.2, -0.15) is 0 Å². The molecule has 12 heteroatoms. The Morgan fingerprint density at radius 3 is 2.61 bits per heavy atom. The molecule has 1 atom stereocenters. The summed E-state index contributed by atoms with van der Waals surface area (Å²) in [6.07, 6.45) is 5.34. The molecule has 0 bridgehead atoms. The van der Waals surface area contributed by atoms with Gasteiger partial charge in [-0.1, -0.05) is 34.5 Å². The zero-order valence-corrected chi connectivity index (χ0v) is 19.5. The van der Waals surface area contributed by atoms with Crippen LogP contribution in [0.15, 0.2) is 22.1 Å². The molecule has 3 heterocycles. The fourth-order valence-corrected chi connectivity index (χ4v) is 7.09. The first-order valence-electron chi connectivity index (χ1n) is 9.92. The number of pyridine rings is 1. The number of carbonyl (C=O) groups is 1. The van der Waals surface area contributed by atoms with Crippen LogP contribution in [0.25, 0.3) is 0 Å².